The molecule has 0 N–H and O–H groups in total. The lowest BCUT2D eigenvalue weighted by Gasteiger charge is -2.29. The molecule has 7 aromatic carbocycles. The van der Waals surface area contributed by atoms with Crippen LogP contribution in [0.2, 0.25) is 0 Å². The Morgan fingerprint density at radius 3 is 1.83 bits per heavy atom. The number of hydrogen-bond donors (Lipinski definition) is 0. The zero-order valence-electron chi connectivity index (χ0n) is 31.1. The van der Waals surface area contributed by atoms with E-state index in [2.05, 4.69) is 187 Å². The van der Waals surface area contributed by atoms with Crippen LogP contribution in [0.1, 0.15) is 76.3 Å². The lowest BCUT2D eigenvalue weighted by atomic mass is 9.79. The van der Waals surface area contributed by atoms with E-state index in [0.717, 1.165) is 39.0 Å². The molecule has 0 spiro atoms. The lowest BCUT2D eigenvalue weighted by molar-refractivity contribution is 0.573. The Morgan fingerprint density at radius 2 is 1.06 bits per heavy atom. The van der Waals surface area contributed by atoms with Gasteiger partial charge in [0.15, 0.2) is 5.58 Å². The largest absolute Gasteiger partial charge is 0.454 e. The van der Waals surface area contributed by atoms with E-state index in [1.165, 1.54) is 60.8 Å². The van der Waals surface area contributed by atoms with Crippen molar-refractivity contribution >= 4 is 49.8 Å². The minimum Gasteiger partial charge on any atom is -0.454 e. The molecule has 1 aromatic heterocycles. The standard InChI is InChI=1S/C50H43NO/c1-48(2,3)39-25-15-22-34-35-23-16-26-43(47(35)52-46(34)39)51(30-17-9-8-10-18-30)44-29-42-45(33-21-12-11-20-32(33)44)37-28-40-36(27-41(37)50(42,6)7)31-19-13-14-24-38(31)49(40,4)5/h8-29H,1-7H3. The quantitative estimate of drug-likeness (QED) is 0.186. The zero-order valence-corrected chi connectivity index (χ0v) is 31.1. The van der Waals surface area contributed by atoms with Gasteiger partial charge in [0.2, 0.25) is 0 Å². The summed E-state index contributed by atoms with van der Waals surface area (Å²) in [4.78, 5) is 2.43. The van der Waals surface area contributed by atoms with Crippen molar-refractivity contribution in [3.8, 4) is 22.3 Å². The Hall–Kier alpha value is -5.60. The molecule has 0 fully saturated rings. The summed E-state index contributed by atoms with van der Waals surface area (Å²) in [6.07, 6.45) is 0. The molecule has 0 atom stereocenters. The van der Waals surface area contributed by atoms with Gasteiger partial charge in [-0.05, 0) is 91.7 Å². The van der Waals surface area contributed by atoms with Crippen LogP contribution in [0.25, 0.3) is 55.0 Å². The smallest absolute Gasteiger partial charge is 0.159 e. The fourth-order valence-electron chi connectivity index (χ4n) is 9.50. The van der Waals surface area contributed by atoms with E-state index in [0.29, 0.717) is 0 Å². The van der Waals surface area contributed by atoms with Gasteiger partial charge in [0.25, 0.3) is 0 Å². The number of furan rings is 1. The molecule has 52 heavy (non-hydrogen) atoms. The highest BCUT2D eigenvalue weighted by molar-refractivity contribution is 6.14. The van der Waals surface area contributed by atoms with Crippen LogP contribution >= 0.6 is 0 Å². The normalized spacial score (nSPS) is 15.1. The first-order chi connectivity index (χ1) is 25.0. The monoisotopic (exact) mass is 673 g/mol. The molecule has 2 aliphatic rings. The number of hydrogen-bond acceptors (Lipinski definition) is 2. The summed E-state index contributed by atoms with van der Waals surface area (Å²) in [6.45, 7) is 16.4. The molecule has 8 aromatic rings. The molecule has 10 rings (SSSR count). The zero-order chi connectivity index (χ0) is 35.7. The van der Waals surface area contributed by atoms with Crippen LogP contribution < -0.4 is 4.90 Å². The average Bonchev–Trinajstić information content (AvgIpc) is 3.71. The molecule has 0 saturated heterocycles. The predicted molar refractivity (Wildman–Crippen MR) is 220 cm³/mol. The SMILES string of the molecule is CC(C)(C)c1cccc2c1oc1c(N(c3ccccc3)c3cc4c(c5ccccc35)-c3cc5c(cc3C4(C)C)-c3ccccc3C5(C)C)cccc12. The lowest BCUT2D eigenvalue weighted by Crippen LogP contribution is -2.18. The highest BCUT2D eigenvalue weighted by Crippen LogP contribution is 2.59. The summed E-state index contributed by atoms with van der Waals surface area (Å²) in [6, 6.07) is 49.5. The molecule has 0 unspecified atom stereocenters. The van der Waals surface area contributed by atoms with Crippen molar-refractivity contribution in [2.75, 3.05) is 4.90 Å². The number of benzene rings is 7. The molecule has 0 bridgehead atoms. The van der Waals surface area contributed by atoms with E-state index < -0.39 is 0 Å². The molecule has 1 heterocycles. The summed E-state index contributed by atoms with van der Waals surface area (Å²) in [5, 5.41) is 4.79. The Labute approximate surface area is 306 Å². The topological polar surface area (TPSA) is 16.4 Å². The van der Waals surface area contributed by atoms with Crippen LogP contribution in [-0.2, 0) is 16.2 Å². The summed E-state index contributed by atoms with van der Waals surface area (Å²) >= 11 is 0. The van der Waals surface area contributed by atoms with Crippen LogP contribution in [0.3, 0.4) is 0 Å². The van der Waals surface area contributed by atoms with Crippen molar-refractivity contribution in [3.05, 3.63) is 161 Å². The Balaban J connectivity index is 1.26. The van der Waals surface area contributed by atoms with Crippen molar-refractivity contribution in [2.45, 2.75) is 64.7 Å². The molecule has 0 aliphatic heterocycles. The maximum Gasteiger partial charge on any atom is 0.159 e. The van der Waals surface area contributed by atoms with Crippen LogP contribution in [0.5, 0.6) is 0 Å². The van der Waals surface area contributed by atoms with Crippen molar-refractivity contribution in [2.24, 2.45) is 0 Å². The first kappa shape index (κ1) is 31.2. The molecule has 0 amide bonds. The van der Waals surface area contributed by atoms with E-state index in [4.69, 9.17) is 4.42 Å². The molecular formula is C50H43NO. The predicted octanol–water partition coefficient (Wildman–Crippen LogP) is 14.1. The maximum absolute atomic E-state index is 7.01. The van der Waals surface area contributed by atoms with Gasteiger partial charge in [0.05, 0.1) is 11.4 Å². The van der Waals surface area contributed by atoms with Crippen LogP contribution in [0, 0.1) is 0 Å². The summed E-state index contributed by atoms with van der Waals surface area (Å²) in [5.74, 6) is 0. The average molecular weight is 674 g/mol. The molecule has 2 heteroatoms. The minimum atomic E-state index is -0.213. The van der Waals surface area contributed by atoms with E-state index >= 15 is 0 Å². The van der Waals surface area contributed by atoms with Gasteiger partial charge in [-0.1, -0.05) is 146 Å². The summed E-state index contributed by atoms with van der Waals surface area (Å²) < 4.78 is 7.01. The second-order valence-electron chi connectivity index (χ2n) is 17.0. The molecule has 2 nitrogen and oxygen atoms in total. The molecular weight excluding hydrogens is 631 g/mol. The van der Waals surface area contributed by atoms with E-state index in [1.54, 1.807) is 0 Å². The van der Waals surface area contributed by atoms with Gasteiger partial charge in [0, 0.05) is 38.2 Å². The van der Waals surface area contributed by atoms with E-state index in [-0.39, 0.29) is 16.2 Å². The number of nitrogens with zero attached hydrogens (tertiary/aromatic N) is 1. The summed E-state index contributed by atoms with van der Waals surface area (Å²) in [5.41, 5.74) is 17.1. The van der Waals surface area contributed by atoms with Gasteiger partial charge < -0.3 is 9.32 Å². The first-order valence-corrected chi connectivity index (χ1v) is 18.6. The third-order valence-corrected chi connectivity index (χ3v) is 12.2. The third-order valence-electron chi connectivity index (χ3n) is 12.2. The number of anilines is 3. The number of rotatable bonds is 3. The van der Waals surface area contributed by atoms with Gasteiger partial charge in [-0.2, -0.15) is 0 Å². The molecule has 254 valence electrons. The maximum atomic E-state index is 7.01. The number of fused-ring (bicyclic) bond motifs is 11. The van der Waals surface area contributed by atoms with Crippen molar-refractivity contribution < 1.29 is 4.42 Å². The Bertz CT molecular complexity index is 2770. The van der Waals surface area contributed by atoms with Gasteiger partial charge in [0.1, 0.15) is 5.58 Å². The Morgan fingerprint density at radius 1 is 0.462 bits per heavy atom. The molecule has 2 aliphatic carbocycles. The Kier molecular flexibility index (Phi) is 6.28. The van der Waals surface area contributed by atoms with Crippen molar-refractivity contribution in [3.63, 3.8) is 0 Å². The third kappa shape index (κ3) is 4.12. The second-order valence-corrected chi connectivity index (χ2v) is 17.0. The van der Waals surface area contributed by atoms with E-state index in [1.807, 2.05) is 0 Å². The fourth-order valence-corrected chi connectivity index (χ4v) is 9.50. The fraction of sp³-hybridized carbons (Fsp3) is 0.200. The first-order valence-electron chi connectivity index (χ1n) is 18.6. The minimum absolute atomic E-state index is 0.0546. The van der Waals surface area contributed by atoms with E-state index in [9.17, 15) is 0 Å². The number of para-hydroxylation sites is 3. The van der Waals surface area contributed by atoms with Gasteiger partial charge in [-0.3, -0.25) is 0 Å². The van der Waals surface area contributed by atoms with Crippen LogP contribution in [0.15, 0.2) is 138 Å². The van der Waals surface area contributed by atoms with Gasteiger partial charge in [-0.25, -0.2) is 0 Å². The van der Waals surface area contributed by atoms with Gasteiger partial charge >= 0.3 is 0 Å². The highest BCUT2D eigenvalue weighted by Gasteiger charge is 2.43. The van der Waals surface area contributed by atoms with Gasteiger partial charge in [-0.15, -0.1) is 0 Å². The van der Waals surface area contributed by atoms with Crippen LogP contribution in [0.4, 0.5) is 17.1 Å². The van der Waals surface area contributed by atoms with Crippen molar-refractivity contribution in [1.29, 1.82) is 0 Å². The van der Waals surface area contributed by atoms with Crippen molar-refractivity contribution in [1.82, 2.24) is 0 Å². The molecule has 0 saturated carbocycles. The summed E-state index contributed by atoms with van der Waals surface area (Å²) in [7, 11) is 0. The molecule has 0 radical (unpaired) electrons. The second kappa shape index (κ2) is 10.5. The van der Waals surface area contributed by atoms with Crippen LogP contribution in [-0.4, -0.2) is 0 Å². The highest BCUT2D eigenvalue weighted by atomic mass is 16.3.